The molecule has 1 atom stereocenters. The number of rotatable bonds is 4. The monoisotopic (exact) mass is 301 g/mol. The predicted octanol–water partition coefficient (Wildman–Crippen LogP) is 4.33. The predicted molar refractivity (Wildman–Crippen MR) is 89.5 cm³/mol. The molecule has 21 heavy (non-hydrogen) atoms. The van der Waals surface area contributed by atoms with Crippen molar-refractivity contribution in [2.24, 2.45) is 0 Å². The third kappa shape index (κ3) is 3.14. The number of benzene rings is 1. The van der Waals surface area contributed by atoms with Gasteiger partial charge in [-0.15, -0.1) is 11.3 Å². The summed E-state index contributed by atoms with van der Waals surface area (Å²) in [6.45, 7) is 0. The fourth-order valence-corrected chi connectivity index (χ4v) is 4.52. The van der Waals surface area contributed by atoms with Crippen molar-refractivity contribution in [1.29, 1.82) is 0 Å². The first-order valence-corrected chi connectivity index (χ1v) is 8.56. The molecule has 0 saturated carbocycles. The Bertz CT molecular complexity index is 582. The van der Waals surface area contributed by atoms with Gasteiger partial charge in [0.15, 0.2) is 0 Å². The molecule has 0 bridgehead atoms. The average Bonchev–Trinajstić information content (AvgIpc) is 2.78. The largest absolute Gasteiger partial charge is 0.497 e. The van der Waals surface area contributed by atoms with Crippen molar-refractivity contribution < 1.29 is 4.74 Å². The van der Waals surface area contributed by atoms with E-state index in [2.05, 4.69) is 29.6 Å². The van der Waals surface area contributed by atoms with Gasteiger partial charge in [-0.2, -0.15) is 0 Å². The molecule has 1 aromatic carbocycles. The Morgan fingerprint density at radius 1 is 1.14 bits per heavy atom. The van der Waals surface area contributed by atoms with Crippen LogP contribution in [0.4, 0.5) is 0 Å². The van der Waals surface area contributed by atoms with Crippen LogP contribution in [0.15, 0.2) is 30.3 Å². The molecule has 0 amide bonds. The highest BCUT2D eigenvalue weighted by Crippen LogP contribution is 2.35. The van der Waals surface area contributed by atoms with Crippen molar-refractivity contribution in [1.82, 2.24) is 5.32 Å². The molecular weight excluding hydrogens is 278 g/mol. The van der Waals surface area contributed by atoms with Crippen LogP contribution < -0.4 is 10.1 Å². The minimum atomic E-state index is 0.261. The highest BCUT2D eigenvalue weighted by molar-refractivity contribution is 7.12. The summed E-state index contributed by atoms with van der Waals surface area (Å²) in [4.78, 5) is 3.03. The zero-order valence-electron chi connectivity index (χ0n) is 12.8. The molecule has 0 saturated heterocycles. The van der Waals surface area contributed by atoms with Gasteiger partial charge in [-0.3, -0.25) is 0 Å². The summed E-state index contributed by atoms with van der Waals surface area (Å²) in [7, 11) is 3.76. The summed E-state index contributed by atoms with van der Waals surface area (Å²) in [5.74, 6) is 0.922. The van der Waals surface area contributed by atoms with Gasteiger partial charge in [0.05, 0.1) is 13.2 Å². The van der Waals surface area contributed by atoms with Crippen LogP contribution in [0.3, 0.4) is 0 Å². The highest BCUT2D eigenvalue weighted by Gasteiger charge is 2.19. The number of aryl methyl sites for hydroxylation is 2. The van der Waals surface area contributed by atoms with Crippen LogP contribution in [0.5, 0.6) is 5.75 Å². The van der Waals surface area contributed by atoms with E-state index < -0.39 is 0 Å². The molecular formula is C18H23NOS. The van der Waals surface area contributed by atoms with E-state index >= 15 is 0 Å². The second-order valence-electron chi connectivity index (χ2n) is 5.66. The van der Waals surface area contributed by atoms with Gasteiger partial charge in [-0.25, -0.2) is 0 Å². The van der Waals surface area contributed by atoms with Crippen LogP contribution in [0.2, 0.25) is 0 Å². The molecule has 0 spiro atoms. The van der Waals surface area contributed by atoms with E-state index in [1.807, 2.05) is 24.5 Å². The molecule has 0 aliphatic heterocycles. The number of ether oxygens (including phenoxy) is 1. The van der Waals surface area contributed by atoms with E-state index in [0.29, 0.717) is 0 Å². The molecule has 1 aromatic heterocycles. The Morgan fingerprint density at radius 2 is 2.00 bits per heavy atom. The fraction of sp³-hybridized carbons (Fsp3) is 0.444. The van der Waals surface area contributed by atoms with Gasteiger partial charge in [0.2, 0.25) is 0 Å². The van der Waals surface area contributed by atoms with Crippen LogP contribution in [0.1, 0.15) is 46.2 Å². The Kier molecular flexibility index (Phi) is 4.61. The van der Waals surface area contributed by atoms with Crippen molar-refractivity contribution in [3.05, 3.63) is 51.2 Å². The van der Waals surface area contributed by atoms with E-state index in [4.69, 9.17) is 4.74 Å². The summed E-state index contributed by atoms with van der Waals surface area (Å²) in [5, 5.41) is 3.47. The van der Waals surface area contributed by atoms with Crippen molar-refractivity contribution in [2.75, 3.05) is 14.2 Å². The summed E-state index contributed by atoms with van der Waals surface area (Å²) >= 11 is 1.99. The second-order valence-corrected chi connectivity index (χ2v) is 6.82. The Morgan fingerprint density at radius 3 is 2.81 bits per heavy atom. The van der Waals surface area contributed by atoms with Gasteiger partial charge in [-0.05, 0) is 62.1 Å². The third-order valence-corrected chi connectivity index (χ3v) is 5.57. The number of thiophene rings is 1. The molecule has 0 fully saturated rings. The smallest absolute Gasteiger partial charge is 0.119 e. The summed E-state index contributed by atoms with van der Waals surface area (Å²) in [5.41, 5.74) is 2.85. The number of methoxy groups -OCH3 is 1. The lowest BCUT2D eigenvalue weighted by molar-refractivity contribution is 0.414. The van der Waals surface area contributed by atoms with Crippen LogP contribution >= 0.6 is 11.3 Å². The average molecular weight is 301 g/mol. The maximum Gasteiger partial charge on any atom is 0.119 e. The molecule has 3 heteroatoms. The van der Waals surface area contributed by atoms with Gasteiger partial charge in [0.1, 0.15) is 5.75 Å². The molecule has 112 valence electrons. The number of hydrogen-bond donors (Lipinski definition) is 1. The number of nitrogens with one attached hydrogen (secondary N) is 1. The minimum Gasteiger partial charge on any atom is -0.497 e. The lowest BCUT2D eigenvalue weighted by atomic mass is 10.0. The zero-order chi connectivity index (χ0) is 14.7. The minimum absolute atomic E-state index is 0.261. The van der Waals surface area contributed by atoms with Gasteiger partial charge < -0.3 is 10.1 Å². The summed E-state index contributed by atoms with van der Waals surface area (Å²) in [6, 6.07) is 11.1. The molecule has 2 nitrogen and oxygen atoms in total. The van der Waals surface area contributed by atoms with Gasteiger partial charge in [0, 0.05) is 9.75 Å². The molecule has 1 aliphatic carbocycles. The van der Waals surface area contributed by atoms with Crippen molar-refractivity contribution in [2.45, 2.75) is 38.1 Å². The van der Waals surface area contributed by atoms with Crippen LogP contribution in [0, 0.1) is 0 Å². The first-order valence-electron chi connectivity index (χ1n) is 7.74. The summed E-state index contributed by atoms with van der Waals surface area (Å²) in [6.07, 6.45) is 6.57. The van der Waals surface area contributed by atoms with E-state index in [0.717, 1.165) is 5.75 Å². The maximum absolute atomic E-state index is 5.36. The van der Waals surface area contributed by atoms with Gasteiger partial charge in [0.25, 0.3) is 0 Å². The molecule has 1 N–H and O–H groups in total. The lowest BCUT2D eigenvalue weighted by Gasteiger charge is -2.16. The van der Waals surface area contributed by atoms with E-state index in [1.54, 1.807) is 17.6 Å². The van der Waals surface area contributed by atoms with Crippen molar-refractivity contribution in [3.63, 3.8) is 0 Å². The molecule has 1 unspecified atom stereocenters. The SMILES string of the molecule is CNC(c1cccc(OC)c1)c1cc2c(s1)CCCCC2. The van der Waals surface area contributed by atoms with E-state index in [1.165, 1.54) is 42.5 Å². The molecule has 2 aromatic rings. The standard InChI is InChI=1S/C18H23NOS/c1-19-18(14-8-6-9-15(11-14)20-2)17-12-13-7-4-3-5-10-16(13)21-17/h6,8-9,11-12,18-19H,3-5,7,10H2,1-2H3. The molecule has 1 aliphatic rings. The topological polar surface area (TPSA) is 21.3 Å². The lowest BCUT2D eigenvalue weighted by Crippen LogP contribution is -2.16. The quantitative estimate of drug-likeness (QED) is 0.849. The van der Waals surface area contributed by atoms with Gasteiger partial charge >= 0.3 is 0 Å². The van der Waals surface area contributed by atoms with Crippen molar-refractivity contribution in [3.8, 4) is 5.75 Å². The summed E-state index contributed by atoms with van der Waals surface area (Å²) < 4.78 is 5.36. The highest BCUT2D eigenvalue weighted by atomic mass is 32.1. The first-order chi connectivity index (χ1) is 10.3. The maximum atomic E-state index is 5.36. The van der Waals surface area contributed by atoms with E-state index in [-0.39, 0.29) is 6.04 Å². The molecule has 3 rings (SSSR count). The molecule has 1 heterocycles. The van der Waals surface area contributed by atoms with Crippen LogP contribution in [0.25, 0.3) is 0 Å². The third-order valence-electron chi connectivity index (χ3n) is 4.27. The van der Waals surface area contributed by atoms with Crippen LogP contribution in [-0.2, 0) is 12.8 Å². The number of hydrogen-bond acceptors (Lipinski definition) is 3. The van der Waals surface area contributed by atoms with Crippen LogP contribution in [-0.4, -0.2) is 14.2 Å². The van der Waals surface area contributed by atoms with E-state index in [9.17, 15) is 0 Å². The molecule has 0 radical (unpaired) electrons. The zero-order valence-corrected chi connectivity index (χ0v) is 13.6. The normalized spacial score (nSPS) is 16.1. The van der Waals surface area contributed by atoms with Crippen molar-refractivity contribution >= 4 is 11.3 Å². The fourth-order valence-electron chi connectivity index (χ4n) is 3.13. The first kappa shape index (κ1) is 14.6. The van der Waals surface area contributed by atoms with Gasteiger partial charge in [-0.1, -0.05) is 18.6 Å². The Balaban J connectivity index is 1.92. The Labute approximate surface area is 131 Å². The second kappa shape index (κ2) is 6.63. The Hall–Kier alpha value is -1.32. The number of fused-ring (bicyclic) bond motifs is 1.